The Balaban J connectivity index is 1.27. The second-order valence-corrected chi connectivity index (χ2v) is 8.08. The predicted octanol–water partition coefficient (Wildman–Crippen LogP) is 3.66. The van der Waals surface area contributed by atoms with Gasteiger partial charge < -0.3 is 14.7 Å². The van der Waals surface area contributed by atoms with Crippen molar-refractivity contribution < 1.29 is 14.6 Å². The van der Waals surface area contributed by atoms with Crippen molar-refractivity contribution in [3.63, 3.8) is 0 Å². The molecule has 1 aliphatic heterocycles. The number of thiophene rings is 1. The van der Waals surface area contributed by atoms with Gasteiger partial charge in [0.15, 0.2) is 0 Å². The van der Waals surface area contributed by atoms with Crippen LogP contribution in [-0.4, -0.2) is 48.3 Å². The maximum Gasteiger partial charge on any atom is 0.306 e. The number of ether oxygens (including phenoxy) is 1. The van der Waals surface area contributed by atoms with Crippen molar-refractivity contribution in [1.29, 1.82) is 0 Å². The highest BCUT2D eigenvalue weighted by atomic mass is 32.1. The van der Waals surface area contributed by atoms with E-state index in [2.05, 4.69) is 21.7 Å². The second kappa shape index (κ2) is 8.97. The Morgan fingerprint density at radius 1 is 1.21 bits per heavy atom. The Bertz CT molecular complexity index is 489. The van der Waals surface area contributed by atoms with E-state index in [1.165, 1.54) is 37.7 Å². The van der Waals surface area contributed by atoms with E-state index < -0.39 is 5.97 Å². The molecule has 2 heterocycles. The molecular formula is C19H29NO3S. The van der Waals surface area contributed by atoms with Gasteiger partial charge in [-0.3, -0.25) is 4.79 Å². The molecule has 0 unspecified atom stereocenters. The van der Waals surface area contributed by atoms with Crippen LogP contribution in [0.5, 0.6) is 0 Å². The number of carboxylic acid groups (broad SMARTS) is 1. The summed E-state index contributed by atoms with van der Waals surface area (Å²) in [5.74, 6) is 0.0558. The van der Waals surface area contributed by atoms with Gasteiger partial charge in [-0.15, -0.1) is 0 Å². The Morgan fingerprint density at radius 3 is 2.58 bits per heavy atom. The predicted molar refractivity (Wildman–Crippen MR) is 96.5 cm³/mol. The molecule has 24 heavy (non-hydrogen) atoms. The molecule has 2 aliphatic rings. The van der Waals surface area contributed by atoms with Crippen molar-refractivity contribution in [2.75, 3.05) is 26.2 Å². The molecule has 1 saturated carbocycles. The molecule has 0 atom stereocenters. The van der Waals surface area contributed by atoms with Crippen molar-refractivity contribution in [1.82, 2.24) is 4.90 Å². The van der Waals surface area contributed by atoms with Gasteiger partial charge in [0.05, 0.1) is 18.6 Å². The summed E-state index contributed by atoms with van der Waals surface area (Å²) in [4.78, 5) is 13.3. The average molecular weight is 352 g/mol. The largest absolute Gasteiger partial charge is 0.481 e. The molecule has 2 fully saturated rings. The van der Waals surface area contributed by atoms with E-state index in [4.69, 9.17) is 9.84 Å². The smallest absolute Gasteiger partial charge is 0.306 e. The van der Waals surface area contributed by atoms with Gasteiger partial charge >= 0.3 is 5.97 Å². The van der Waals surface area contributed by atoms with Crippen LogP contribution in [-0.2, 0) is 16.0 Å². The molecule has 4 nitrogen and oxygen atoms in total. The highest BCUT2D eigenvalue weighted by molar-refractivity contribution is 7.07. The minimum absolute atomic E-state index is 0.138. The van der Waals surface area contributed by atoms with Crippen molar-refractivity contribution in [2.24, 2.45) is 11.8 Å². The zero-order valence-electron chi connectivity index (χ0n) is 14.4. The summed E-state index contributed by atoms with van der Waals surface area (Å²) < 4.78 is 6.09. The fourth-order valence-corrected chi connectivity index (χ4v) is 4.68. The number of likely N-dealkylation sites (tertiary alicyclic amines) is 1. The van der Waals surface area contributed by atoms with E-state index in [9.17, 15) is 4.79 Å². The summed E-state index contributed by atoms with van der Waals surface area (Å²) in [5.41, 5.74) is 1.49. The van der Waals surface area contributed by atoms with E-state index in [1.54, 1.807) is 11.3 Å². The van der Waals surface area contributed by atoms with Gasteiger partial charge in [-0.2, -0.15) is 11.3 Å². The number of rotatable bonds is 7. The van der Waals surface area contributed by atoms with Crippen LogP contribution >= 0.6 is 11.3 Å². The van der Waals surface area contributed by atoms with Gasteiger partial charge in [-0.1, -0.05) is 0 Å². The summed E-state index contributed by atoms with van der Waals surface area (Å²) in [6.45, 7) is 3.53. The Morgan fingerprint density at radius 2 is 1.96 bits per heavy atom. The van der Waals surface area contributed by atoms with Gasteiger partial charge in [-0.25, -0.2) is 0 Å². The standard InChI is InChI=1S/C19H29NO3S/c21-19(22)17-5-8-20(9-6-17)10-11-23-18-3-1-15(2-4-18)13-16-7-12-24-14-16/h7,12,14-15,17-18H,1-6,8-11,13H2,(H,21,22). The molecule has 0 amide bonds. The van der Waals surface area contributed by atoms with Crippen LogP contribution < -0.4 is 0 Å². The molecule has 0 spiro atoms. The molecule has 1 aliphatic carbocycles. The first kappa shape index (κ1) is 17.9. The van der Waals surface area contributed by atoms with Crippen LogP contribution in [0.25, 0.3) is 0 Å². The zero-order valence-corrected chi connectivity index (χ0v) is 15.2. The van der Waals surface area contributed by atoms with Gasteiger partial charge in [0.1, 0.15) is 0 Å². The maximum absolute atomic E-state index is 11.0. The molecular weight excluding hydrogens is 322 g/mol. The lowest BCUT2D eigenvalue weighted by molar-refractivity contribution is -0.143. The molecule has 1 saturated heterocycles. The Labute approximate surface area is 148 Å². The second-order valence-electron chi connectivity index (χ2n) is 7.30. The van der Waals surface area contributed by atoms with Crippen LogP contribution in [0.15, 0.2) is 16.8 Å². The van der Waals surface area contributed by atoms with Crippen LogP contribution in [0.4, 0.5) is 0 Å². The lowest BCUT2D eigenvalue weighted by Crippen LogP contribution is -2.38. The minimum Gasteiger partial charge on any atom is -0.481 e. The molecule has 134 valence electrons. The van der Waals surface area contributed by atoms with E-state index in [1.807, 2.05) is 0 Å². The summed E-state index contributed by atoms with van der Waals surface area (Å²) in [5, 5.41) is 13.5. The lowest BCUT2D eigenvalue weighted by Gasteiger charge is -2.32. The third-order valence-corrected chi connectivity index (χ3v) is 6.33. The monoisotopic (exact) mass is 351 g/mol. The van der Waals surface area contributed by atoms with Crippen LogP contribution in [0.1, 0.15) is 44.1 Å². The van der Waals surface area contributed by atoms with Crippen molar-refractivity contribution in [3.05, 3.63) is 22.4 Å². The number of hydrogen-bond acceptors (Lipinski definition) is 4. The zero-order chi connectivity index (χ0) is 16.8. The maximum atomic E-state index is 11.0. The fraction of sp³-hybridized carbons (Fsp3) is 0.737. The topological polar surface area (TPSA) is 49.8 Å². The first-order chi connectivity index (χ1) is 11.7. The fourth-order valence-electron chi connectivity index (χ4n) is 4.00. The third kappa shape index (κ3) is 5.30. The number of hydrogen-bond donors (Lipinski definition) is 1. The highest BCUT2D eigenvalue weighted by Crippen LogP contribution is 2.29. The first-order valence-electron chi connectivity index (χ1n) is 9.28. The number of piperidine rings is 1. The lowest BCUT2D eigenvalue weighted by atomic mass is 9.84. The van der Waals surface area contributed by atoms with E-state index in [0.717, 1.165) is 45.0 Å². The highest BCUT2D eigenvalue weighted by Gasteiger charge is 2.25. The molecule has 0 aromatic carbocycles. The number of aliphatic carboxylic acids is 1. The minimum atomic E-state index is -0.634. The van der Waals surface area contributed by atoms with E-state index in [-0.39, 0.29) is 5.92 Å². The Kier molecular flexibility index (Phi) is 6.69. The van der Waals surface area contributed by atoms with Crippen molar-refractivity contribution >= 4 is 17.3 Å². The molecule has 0 bridgehead atoms. The SMILES string of the molecule is O=C(O)C1CCN(CCOC2CCC(Cc3ccsc3)CC2)CC1. The van der Waals surface area contributed by atoms with Crippen molar-refractivity contribution in [3.8, 4) is 0 Å². The first-order valence-corrected chi connectivity index (χ1v) is 10.2. The molecule has 1 N–H and O–H groups in total. The van der Waals surface area contributed by atoms with Crippen LogP contribution in [0.2, 0.25) is 0 Å². The Hall–Kier alpha value is -0.910. The summed E-state index contributed by atoms with van der Waals surface area (Å²) >= 11 is 1.79. The molecule has 1 aromatic rings. The molecule has 3 rings (SSSR count). The normalized spacial score (nSPS) is 26.5. The van der Waals surface area contributed by atoms with Gasteiger partial charge in [0.25, 0.3) is 0 Å². The summed E-state index contributed by atoms with van der Waals surface area (Å²) in [7, 11) is 0. The molecule has 0 radical (unpaired) electrons. The number of carboxylic acids is 1. The van der Waals surface area contributed by atoms with E-state index >= 15 is 0 Å². The quantitative estimate of drug-likeness (QED) is 0.814. The molecule has 5 heteroatoms. The third-order valence-electron chi connectivity index (χ3n) is 5.60. The summed E-state index contributed by atoms with van der Waals surface area (Å²) in [6, 6.07) is 2.25. The van der Waals surface area contributed by atoms with Gasteiger partial charge in [0, 0.05) is 6.54 Å². The summed E-state index contributed by atoms with van der Waals surface area (Å²) in [6.07, 6.45) is 8.17. The van der Waals surface area contributed by atoms with Gasteiger partial charge in [-0.05, 0) is 86.3 Å². The average Bonchev–Trinajstić information content (AvgIpc) is 3.10. The molecule has 1 aromatic heterocycles. The van der Waals surface area contributed by atoms with Crippen LogP contribution in [0.3, 0.4) is 0 Å². The van der Waals surface area contributed by atoms with E-state index in [0.29, 0.717) is 6.10 Å². The number of carbonyl (C=O) groups is 1. The number of nitrogens with zero attached hydrogens (tertiary/aromatic N) is 1. The van der Waals surface area contributed by atoms with Crippen LogP contribution in [0, 0.1) is 11.8 Å². The van der Waals surface area contributed by atoms with Crippen molar-refractivity contribution in [2.45, 2.75) is 51.0 Å². The van der Waals surface area contributed by atoms with Gasteiger partial charge in [0.2, 0.25) is 0 Å².